The lowest BCUT2D eigenvalue weighted by Crippen LogP contribution is -2.37. The lowest BCUT2D eigenvalue weighted by atomic mass is 9.99. The third-order valence-corrected chi connectivity index (χ3v) is 3.96. The molecule has 1 fully saturated rings. The number of halogens is 1. The molecule has 0 aliphatic carbocycles. The van der Waals surface area contributed by atoms with E-state index in [4.69, 9.17) is 10.5 Å². The molecule has 1 aliphatic rings. The van der Waals surface area contributed by atoms with Gasteiger partial charge in [-0.25, -0.2) is 0 Å². The fraction of sp³-hybridized carbons (Fsp3) is 0.500. The Hall–Kier alpha value is -1.07. The molecule has 1 saturated heterocycles. The molecule has 0 radical (unpaired) electrons. The van der Waals surface area contributed by atoms with Gasteiger partial charge in [-0.1, -0.05) is 15.9 Å². The molecule has 0 spiro atoms. The molecule has 2 N–H and O–H groups in total. The Morgan fingerprint density at radius 2 is 2.16 bits per heavy atom. The van der Waals surface area contributed by atoms with E-state index in [2.05, 4.69) is 15.9 Å². The lowest BCUT2D eigenvalue weighted by Gasteiger charge is -2.31. The van der Waals surface area contributed by atoms with E-state index < -0.39 is 0 Å². The minimum atomic E-state index is -0.196. The van der Waals surface area contributed by atoms with E-state index in [1.165, 1.54) is 0 Å². The molecule has 0 saturated carbocycles. The number of methoxy groups -OCH3 is 1. The van der Waals surface area contributed by atoms with Crippen molar-refractivity contribution in [2.75, 3.05) is 7.11 Å². The molecular formula is C14H19BrN2O2. The number of rotatable bonds is 3. The van der Waals surface area contributed by atoms with E-state index in [9.17, 15) is 4.79 Å². The molecule has 1 aromatic rings. The van der Waals surface area contributed by atoms with Crippen molar-refractivity contribution in [3.05, 3.63) is 28.2 Å². The predicted octanol–water partition coefficient (Wildman–Crippen LogP) is 2.47. The number of nitrogens with two attached hydrogens (primary N) is 1. The molecular weight excluding hydrogens is 308 g/mol. The van der Waals surface area contributed by atoms with E-state index in [1.54, 1.807) is 7.11 Å². The summed E-state index contributed by atoms with van der Waals surface area (Å²) in [4.78, 5) is 13.9. The van der Waals surface area contributed by atoms with Crippen molar-refractivity contribution in [1.29, 1.82) is 0 Å². The highest BCUT2D eigenvalue weighted by Gasteiger charge is 2.41. The summed E-state index contributed by atoms with van der Waals surface area (Å²) < 4.78 is 6.37. The molecule has 0 bridgehead atoms. The van der Waals surface area contributed by atoms with E-state index in [-0.39, 0.29) is 24.0 Å². The van der Waals surface area contributed by atoms with Crippen LogP contribution in [0.2, 0.25) is 0 Å². The zero-order chi connectivity index (χ0) is 14.2. The Labute approximate surface area is 122 Å². The molecule has 2 atom stereocenters. The SMILES string of the molecule is COc1ccc(Br)cc1C1C(N)CC(=O)N1C(C)C. The molecule has 104 valence electrons. The maximum absolute atomic E-state index is 12.1. The van der Waals surface area contributed by atoms with Gasteiger partial charge in [0.25, 0.3) is 0 Å². The van der Waals surface area contributed by atoms with E-state index in [0.29, 0.717) is 6.42 Å². The standard InChI is InChI=1S/C14H19BrN2O2/c1-8(2)17-13(18)7-11(16)14(17)10-6-9(15)4-5-12(10)19-3/h4-6,8,11,14H,7,16H2,1-3H3. The van der Waals surface area contributed by atoms with Gasteiger partial charge in [-0.2, -0.15) is 0 Å². The molecule has 4 nitrogen and oxygen atoms in total. The molecule has 1 amide bonds. The van der Waals surface area contributed by atoms with Crippen molar-refractivity contribution in [2.24, 2.45) is 5.73 Å². The monoisotopic (exact) mass is 326 g/mol. The summed E-state index contributed by atoms with van der Waals surface area (Å²) in [6.07, 6.45) is 0.387. The molecule has 1 aromatic carbocycles. The Morgan fingerprint density at radius 1 is 1.47 bits per heavy atom. The van der Waals surface area contributed by atoms with Crippen LogP contribution in [-0.2, 0) is 4.79 Å². The van der Waals surface area contributed by atoms with Gasteiger partial charge < -0.3 is 15.4 Å². The van der Waals surface area contributed by atoms with Gasteiger partial charge in [0.2, 0.25) is 5.91 Å². The topological polar surface area (TPSA) is 55.6 Å². The first-order valence-corrected chi connectivity index (χ1v) is 7.15. The number of benzene rings is 1. The average molecular weight is 327 g/mol. The molecule has 1 heterocycles. The Balaban J connectivity index is 2.49. The summed E-state index contributed by atoms with van der Waals surface area (Å²) in [5, 5.41) is 0. The second-order valence-corrected chi connectivity index (χ2v) is 6.01. The van der Waals surface area contributed by atoms with Crippen molar-refractivity contribution in [2.45, 2.75) is 38.4 Å². The summed E-state index contributed by atoms with van der Waals surface area (Å²) >= 11 is 3.46. The number of carbonyl (C=O) groups is 1. The van der Waals surface area contributed by atoms with E-state index in [1.807, 2.05) is 36.9 Å². The van der Waals surface area contributed by atoms with Gasteiger partial charge in [-0.3, -0.25) is 4.79 Å². The quantitative estimate of drug-likeness (QED) is 0.928. The Morgan fingerprint density at radius 3 is 2.74 bits per heavy atom. The van der Waals surface area contributed by atoms with Gasteiger partial charge in [-0.05, 0) is 32.0 Å². The van der Waals surface area contributed by atoms with Gasteiger partial charge in [-0.15, -0.1) is 0 Å². The van der Waals surface area contributed by atoms with Gasteiger partial charge in [0, 0.05) is 28.5 Å². The Bertz CT molecular complexity index is 490. The minimum absolute atomic E-state index is 0.106. The largest absolute Gasteiger partial charge is 0.496 e. The summed E-state index contributed by atoms with van der Waals surface area (Å²) in [6.45, 7) is 4.01. The van der Waals surface area contributed by atoms with Crippen LogP contribution in [0.25, 0.3) is 0 Å². The van der Waals surface area contributed by atoms with Crippen LogP contribution in [-0.4, -0.2) is 30.0 Å². The number of likely N-dealkylation sites (tertiary alicyclic amines) is 1. The number of hydrogen-bond donors (Lipinski definition) is 1. The highest BCUT2D eigenvalue weighted by molar-refractivity contribution is 9.10. The van der Waals surface area contributed by atoms with Crippen LogP contribution >= 0.6 is 15.9 Å². The highest BCUT2D eigenvalue weighted by Crippen LogP contribution is 2.39. The summed E-state index contributed by atoms with van der Waals surface area (Å²) in [5.74, 6) is 0.874. The zero-order valence-corrected chi connectivity index (χ0v) is 13.0. The maximum Gasteiger partial charge on any atom is 0.225 e. The first-order valence-electron chi connectivity index (χ1n) is 6.36. The molecule has 2 rings (SSSR count). The zero-order valence-electron chi connectivity index (χ0n) is 11.4. The lowest BCUT2D eigenvalue weighted by molar-refractivity contribution is -0.130. The first-order chi connectivity index (χ1) is 8.95. The number of nitrogens with zero attached hydrogens (tertiary/aromatic N) is 1. The average Bonchev–Trinajstić information content (AvgIpc) is 2.64. The van der Waals surface area contributed by atoms with Crippen LogP contribution in [0.4, 0.5) is 0 Å². The Kier molecular flexibility index (Phi) is 4.16. The molecule has 5 heteroatoms. The smallest absolute Gasteiger partial charge is 0.225 e. The summed E-state index contributed by atoms with van der Waals surface area (Å²) in [6, 6.07) is 5.60. The fourth-order valence-corrected chi connectivity index (χ4v) is 3.08. The van der Waals surface area contributed by atoms with Gasteiger partial charge in [0.1, 0.15) is 5.75 Å². The minimum Gasteiger partial charge on any atom is -0.496 e. The van der Waals surface area contributed by atoms with Crippen LogP contribution in [0.5, 0.6) is 5.75 Å². The second kappa shape index (κ2) is 5.51. The number of amides is 1. The van der Waals surface area contributed by atoms with Crippen LogP contribution < -0.4 is 10.5 Å². The molecule has 0 aromatic heterocycles. The normalized spacial score (nSPS) is 23.3. The van der Waals surface area contributed by atoms with Crippen LogP contribution in [0.3, 0.4) is 0 Å². The number of hydrogen-bond acceptors (Lipinski definition) is 3. The van der Waals surface area contributed by atoms with Crippen molar-refractivity contribution in [1.82, 2.24) is 4.90 Å². The number of carbonyl (C=O) groups excluding carboxylic acids is 1. The molecule has 2 unspecified atom stereocenters. The van der Waals surface area contributed by atoms with Crippen molar-refractivity contribution < 1.29 is 9.53 Å². The van der Waals surface area contributed by atoms with E-state index >= 15 is 0 Å². The van der Waals surface area contributed by atoms with Gasteiger partial charge in [0.05, 0.1) is 13.2 Å². The first kappa shape index (κ1) is 14.3. The van der Waals surface area contributed by atoms with Crippen molar-refractivity contribution >= 4 is 21.8 Å². The van der Waals surface area contributed by atoms with Crippen LogP contribution in [0.15, 0.2) is 22.7 Å². The second-order valence-electron chi connectivity index (χ2n) is 5.09. The molecule has 19 heavy (non-hydrogen) atoms. The number of ether oxygens (including phenoxy) is 1. The highest BCUT2D eigenvalue weighted by atomic mass is 79.9. The predicted molar refractivity (Wildman–Crippen MR) is 78.0 cm³/mol. The third kappa shape index (κ3) is 2.62. The molecule has 1 aliphatic heterocycles. The van der Waals surface area contributed by atoms with Gasteiger partial charge in [0.15, 0.2) is 0 Å². The van der Waals surface area contributed by atoms with Crippen molar-refractivity contribution in [3.8, 4) is 5.75 Å². The maximum atomic E-state index is 12.1. The fourth-order valence-electron chi connectivity index (χ4n) is 2.71. The summed E-state index contributed by atoms with van der Waals surface area (Å²) in [5.41, 5.74) is 7.13. The van der Waals surface area contributed by atoms with Crippen LogP contribution in [0, 0.1) is 0 Å². The van der Waals surface area contributed by atoms with Crippen molar-refractivity contribution in [3.63, 3.8) is 0 Å². The summed E-state index contributed by atoms with van der Waals surface area (Å²) in [7, 11) is 1.63. The van der Waals surface area contributed by atoms with Crippen LogP contribution in [0.1, 0.15) is 31.9 Å². The van der Waals surface area contributed by atoms with Gasteiger partial charge >= 0.3 is 0 Å². The van der Waals surface area contributed by atoms with E-state index in [0.717, 1.165) is 15.8 Å². The third-order valence-electron chi connectivity index (χ3n) is 3.47.